The van der Waals surface area contributed by atoms with Crippen molar-refractivity contribution in [3.05, 3.63) is 46.4 Å². The summed E-state index contributed by atoms with van der Waals surface area (Å²) in [5.41, 5.74) is 0.427. The third kappa shape index (κ3) is 3.59. The van der Waals surface area contributed by atoms with Crippen LogP contribution in [-0.2, 0) is 0 Å². The number of fused-ring (bicyclic) bond motifs is 1. The molecule has 1 aliphatic rings. The lowest BCUT2D eigenvalue weighted by atomic mass is 10.1. The van der Waals surface area contributed by atoms with Crippen LogP contribution in [0, 0.1) is 0 Å². The number of hydrogen-bond donors (Lipinski definition) is 1. The van der Waals surface area contributed by atoms with Gasteiger partial charge in [-0.05, 0) is 28.1 Å². The van der Waals surface area contributed by atoms with Crippen molar-refractivity contribution in [3.63, 3.8) is 0 Å². The third-order valence-electron chi connectivity index (χ3n) is 3.23. The van der Waals surface area contributed by atoms with E-state index in [1.165, 1.54) is 18.2 Å². The van der Waals surface area contributed by atoms with E-state index in [0.29, 0.717) is 34.9 Å². The Balaban J connectivity index is 1.85. The van der Waals surface area contributed by atoms with Gasteiger partial charge < -0.3 is 19.5 Å². The average molecular weight is 400 g/mol. The number of alkyl halides is 2. The van der Waals surface area contributed by atoms with E-state index in [1.807, 2.05) is 0 Å². The standard InChI is InChI=1S/C16H12BrF2NO4/c17-10-7-13-14(23-6-5-22-13)8-11(10)20-15(21)9-3-1-2-4-12(9)24-16(18)19/h1-4,7-8,16H,5-6H2,(H,20,21). The summed E-state index contributed by atoms with van der Waals surface area (Å²) >= 11 is 3.33. The van der Waals surface area contributed by atoms with E-state index in [9.17, 15) is 13.6 Å². The second-order valence-electron chi connectivity index (χ2n) is 4.80. The highest BCUT2D eigenvalue weighted by Gasteiger charge is 2.19. The Hall–Kier alpha value is -2.35. The van der Waals surface area contributed by atoms with Crippen LogP contribution in [0.25, 0.3) is 0 Å². The lowest BCUT2D eigenvalue weighted by molar-refractivity contribution is -0.0501. The van der Waals surface area contributed by atoms with E-state index in [2.05, 4.69) is 26.0 Å². The van der Waals surface area contributed by atoms with E-state index in [4.69, 9.17) is 9.47 Å². The first-order valence-corrected chi connectivity index (χ1v) is 7.78. The van der Waals surface area contributed by atoms with Crippen molar-refractivity contribution in [1.82, 2.24) is 0 Å². The van der Waals surface area contributed by atoms with Gasteiger partial charge in [0.1, 0.15) is 19.0 Å². The third-order valence-corrected chi connectivity index (χ3v) is 3.88. The smallest absolute Gasteiger partial charge is 0.387 e. The van der Waals surface area contributed by atoms with Gasteiger partial charge in [-0.1, -0.05) is 12.1 Å². The predicted molar refractivity (Wildman–Crippen MR) is 86.2 cm³/mol. The first-order valence-electron chi connectivity index (χ1n) is 6.99. The largest absolute Gasteiger partial charge is 0.486 e. The summed E-state index contributed by atoms with van der Waals surface area (Å²) in [5, 5.41) is 2.64. The molecule has 1 aliphatic heterocycles. The molecule has 0 bridgehead atoms. The van der Waals surface area contributed by atoms with E-state index in [0.717, 1.165) is 0 Å². The molecule has 0 aromatic heterocycles. The zero-order valence-electron chi connectivity index (χ0n) is 12.2. The van der Waals surface area contributed by atoms with Crippen LogP contribution in [0.2, 0.25) is 0 Å². The van der Waals surface area contributed by atoms with Crippen LogP contribution in [-0.4, -0.2) is 25.7 Å². The minimum absolute atomic E-state index is 0.000381. The Kier molecular flexibility index (Phi) is 4.84. The van der Waals surface area contributed by atoms with Gasteiger partial charge in [0.05, 0.1) is 11.3 Å². The molecule has 126 valence electrons. The van der Waals surface area contributed by atoms with Gasteiger partial charge in [0.2, 0.25) is 0 Å². The molecule has 0 radical (unpaired) electrons. The van der Waals surface area contributed by atoms with Crippen LogP contribution in [0.3, 0.4) is 0 Å². The van der Waals surface area contributed by atoms with Gasteiger partial charge in [-0.2, -0.15) is 8.78 Å². The topological polar surface area (TPSA) is 56.8 Å². The molecule has 0 unspecified atom stereocenters. The van der Waals surface area contributed by atoms with E-state index in [1.54, 1.807) is 18.2 Å². The maximum atomic E-state index is 12.5. The summed E-state index contributed by atoms with van der Waals surface area (Å²) in [6.45, 7) is -2.16. The molecule has 0 aliphatic carbocycles. The SMILES string of the molecule is O=C(Nc1cc2c(cc1Br)OCCO2)c1ccccc1OC(F)F. The van der Waals surface area contributed by atoms with E-state index >= 15 is 0 Å². The van der Waals surface area contributed by atoms with Gasteiger partial charge in [0, 0.05) is 16.6 Å². The number of rotatable bonds is 4. The summed E-state index contributed by atoms with van der Waals surface area (Å²) in [6, 6.07) is 9.05. The number of halogens is 3. The molecule has 1 amide bonds. The Bertz CT molecular complexity index is 770. The lowest BCUT2D eigenvalue weighted by Gasteiger charge is -2.20. The number of para-hydroxylation sites is 1. The molecule has 1 N–H and O–H groups in total. The summed E-state index contributed by atoms with van der Waals surface area (Å²) in [4.78, 5) is 12.4. The van der Waals surface area contributed by atoms with E-state index < -0.39 is 12.5 Å². The molecule has 8 heteroatoms. The van der Waals surface area contributed by atoms with Crippen LogP contribution in [0.4, 0.5) is 14.5 Å². The number of carbonyl (C=O) groups excluding carboxylic acids is 1. The normalized spacial score (nSPS) is 12.8. The second-order valence-corrected chi connectivity index (χ2v) is 5.66. The second kappa shape index (κ2) is 7.04. The highest BCUT2D eigenvalue weighted by atomic mass is 79.9. The number of benzene rings is 2. The molecule has 1 heterocycles. The van der Waals surface area contributed by atoms with E-state index in [-0.39, 0.29) is 11.3 Å². The predicted octanol–water partition coefficient (Wildman–Crippen LogP) is 4.07. The highest BCUT2D eigenvalue weighted by Crippen LogP contribution is 2.38. The van der Waals surface area contributed by atoms with Crippen LogP contribution >= 0.6 is 15.9 Å². The molecule has 0 saturated carbocycles. The van der Waals surface area contributed by atoms with Gasteiger partial charge in [-0.3, -0.25) is 4.79 Å². The van der Waals surface area contributed by atoms with Crippen molar-refractivity contribution in [2.75, 3.05) is 18.5 Å². The summed E-state index contributed by atoms with van der Waals surface area (Å²) in [5.74, 6) is 0.284. The minimum atomic E-state index is -3.01. The van der Waals surface area contributed by atoms with Crippen molar-refractivity contribution >= 4 is 27.5 Å². The Morgan fingerprint density at radius 2 is 1.83 bits per heavy atom. The fraction of sp³-hybridized carbons (Fsp3) is 0.188. The summed E-state index contributed by atoms with van der Waals surface area (Å²) < 4.78 is 40.8. The molecule has 0 saturated heterocycles. The number of nitrogens with one attached hydrogen (secondary N) is 1. The molecule has 2 aromatic carbocycles. The highest BCUT2D eigenvalue weighted by molar-refractivity contribution is 9.10. The van der Waals surface area contributed by atoms with Gasteiger partial charge in [0.25, 0.3) is 5.91 Å². The van der Waals surface area contributed by atoms with Crippen molar-refractivity contribution < 1.29 is 27.8 Å². The Labute approximate surface area is 144 Å². The number of carbonyl (C=O) groups is 1. The van der Waals surface area contributed by atoms with Crippen LogP contribution in [0.15, 0.2) is 40.9 Å². The van der Waals surface area contributed by atoms with Crippen LogP contribution < -0.4 is 19.5 Å². The van der Waals surface area contributed by atoms with Gasteiger partial charge >= 0.3 is 6.61 Å². The van der Waals surface area contributed by atoms with Crippen LogP contribution in [0.1, 0.15) is 10.4 Å². The van der Waals surface area contributed by atoms with Crippen molar-refractivity contribution in [1.29, 1.82) is 0 Å². The van der Waals surface area contributed by atoms with Crippen molar-refractivity contribution in [3.8, 4) is 17.2 Å². The fourth-order valence-electron chi connectivity index (χ4n) is 2.20. The summed E-state index contributed by atoms with van der Waals surface area (Å²) in [7, 11) is 0. The minimum Gasteiger partial charge on any atom is -0.486 e. The lowest BCUT2D eigenvalue weighted by Crippen LogP contribution is -2.17. The zero-order valence-corrected chi connectivity index (χ0v) is 13.8. The quantitative estimate of drug-likeness (QED) is 0.841. The number of ether oxygens (including phenoxy) is 3. The van der Waals surface area contributed by atoms with Crippen LogP contribution in [0.5, 0.6) is 17.2 Å². The number of amides is 1. The summed E-state index contributed by atoms with van der Waals surface area (Å²) in [6.07, 6.45) is 0. The fourth-order valence-corrected chi connectivity index (χ4v) is 2.62. The van der Waals surface area contributed by atoms with Gasteiger partial charge in [-0.15, -0.1) is 0 Å². The first kappa shape index (κ1) is 16.5. The molecule has 5 nitrogen and oxygen atoms in total. The monoisotopic (exact) mass is 399 g/mol. The molecule has 2 aromatic rings. The molecule has 24 heavy (non-hydrogen) atoms. The molecular formula is C16H12BrF2NO4. The van der Waals surface area contributed by atoms with Crippen molar-refractivity contribution in [2.45, 2.75) is 6.61 Å². The average Bonchev–Trinajstić information content (AvgIpc) is 2.55. The maximum absolute atomic E-state index is 12.5. The molecule has 0 atom stereocenters. The molecule has 0 fully saturated rings. The Morgan fingerprint density at radius 1 is 1.17 bits per heavy atom. The molecule has 0 spiro atoms. The number of hydrogen-bond acceptors (Lipinski definition) is 4. The van der Waals surface area contributed by atoms with Gasteiger partial charge in [0.15, 0.2) is 11.5 Å². The number of anilines is 1. The first-order chi connectivity index (χ1) is 11.5. The molecular weight excluding hydrogens is 388 g/mol. The molecule has 3 rings (SSSR count). The van der Waals surface area contributed by atoms with Gasteiger partial charge in [-0.25, -0.2) is 0 Å². The maximum Gasteiger partial charge on any atom is 0.387 e. The Morgan fingerprint density at radius 3 is 2.54 bits per heavy atom. The van der Waals surface area contributed by atoms with Crippen molar-refractivity contribution in [2.24, 2.45) is 0 Å². The zero-order chi connectivity index (χ0) is 17.1.